The fourth-order valence-corrected chi connectivity index (χ4v) is 5.88. The number of carbonyl (C=O) groups excluding carboxylic acids is 2. The Morgan fingerprint density at radius 1 is 0.833 bits per heavy atom. The third-order valence-corrected chi connectivity index (χ3v) is 8.03. The van der Waals surface area contributed by atoms with Gasteiger partial charge in [-0.2, -0.15) is 0 Å². The Kier molecular flexibility index (Phi) is 9.87. The summed E-state index contributed by atoms with van der Waals surface area (Å²) in [5.74, 6) is 0.965. The highest BCUT2D eigenvalue weighted by Crippen LogP contribution is 2.38. The first-order valence-corrected chi connectivity index (χ1v) is 15.1. The van der Waals surface area contributed by atoms with Gasteiger partial charge in [0.05, 0.1) is 12.3 Å². The van der Waals surface area contributed by atoms with Crippen LogP contribution in [0.3, 0.4) is 0 Å². The normalized spacial score (nSPS) is 11.4. The van der Waals surface area contributed by atoms with Crippen molar-refractivity contribution in [3.8, 4) is 22.8 Å². The van der Waals surface area contributed by atoms with Gasteiger partial charge in [-0.25, -0.2) is 4.98 Å². The molecule has 0 aliphatic heterocycles. The second-order valence-electron chi connectivity index (χ2n) is 9.07. The van der Waals surface area contributed by atoms with Crippen LogP contribution in [0.1, 0.15) is 17.7 Å². The molecule has 4 aromatic carbocycles. The van der Waals surface area contributed by atoms with Gasteiger partial charge >= 0.3 is 0 Å². The average Bonchev–Trinajstić information content (AvgIpc) is 3.49. The number of hydrogen-bond acceptors (Lipinski definition) is 7. The second-order valence-corrected chi connectivity index (χ2v) is 11.1. The van der Waals surface area contributed by atoms with Gasteiger partial charge in [0.25, 0.3) is 5.91 Å². The van der Waals surface area contributed by atoms with E-state index in [1.165, 1.54) is 23.1 Å². The lowest BCUT2D eigenvalue weighted by molar-refractivity contribution is -0.118. The largest absolute Gasteiger partial charge is 0.494 e. The number of ether oxygens (including phenoxy) is 2. The van der Waals surface area contributed by atoms with Crippen LogP contribution in [0.4, 0.5) is 10.8 Å². The molecule has 2 N–H and O–H groups in total. The van der Waals surface area contributed by atoms with Gasteiger partial charge in [-0.15, -0.1) is 23.1 Å². The van der Waals surface area contributed by atoms with Crippen molar-refractivity contribution in [2.75, 3.05) is 23.8 Å². The van der Waals surface area contributed by atoms with Crippen LogP contribution in [-0.4, -0.2) is 30.0 Å². The zero-order valence-electron chi connectivity index (χ0n) is 22.9. The van der Waals surface area contributed by atoms with Crippen LogP contribution in [0.15, 0.2) is 119 Å². The Hall–Kier alpha value is -4.60. The zero-order valence-corrected chi connectivity index (χ0v) is 24.5. The Bertz CT molecular complexity index is 1610. The maximum Gasteiger partial charge on any atom is 0.262 e. The quantitative estimate of drug-likeness (QED) is 0.144. The van der Waals surface area contributed by atoms with E-state index < -0.39 is 5.25 Å². The minimum absolute atomic E-state index is 0.108. The van der Waals surface area contributed by atoms with E-state index in [1.54, 1.807) is 18.2 Å². The standard InChI is InChI=1S/C33H29N3O4S2/c1-2-39-27-18-16-23(17-19-27)29-22-41-33(35-29)36-32(38)31(24-10-5-3-6-11-24)42-28-15-9-12-25(20-28)34-30(37)21-40-26-13-7-4-8-14-26/h3-20,22,31H,2,21H2,1H3,(H,34,37)(H,35,36,38). The zero-order chi connectivity index (χ0) is 29.1. The topological polar surface area (TPSA) is 89.6 Å². The van der Waals surface area contributed by atoms with Crippen LogP contribution in [-0.2, 0) is 9.59 Å². The monoisotopic (exact) mass is 595 g/mol. The molecule has 42 heavy (non-hydrogen) atoms. The van der Waals surface area contributed by atoms with Crippen molar-refractivity contribution in [1.82, 2.24) is 4.98 Å². The molecule has 0 radical (unpaired) electrons. The highest BCUT2D eigenvalue weighted by atomic mass is 32.2. The summed E-state index contributed by atoms with van der Waals surface area (Å²) in [6.45, 7) is 2.45. The number of para-hydroxylation sites is 1. The molecular weight excluding hydrogens is 567 g/mol. The summed E-state index contributed by atoms with van der Waals surface area (Å²) in [6, 6.07) is 33.9. The number of rotatable bonds is 12. The van der Waals surface area contributed by atoms with Gasteiger partial charge in [0.15, 0.2) is 11.7 Å². The van der Waals surface area contributed by atoms with Crippen molar-refractivity contribution < 1.29 is 19.1 Å². The van der Waals surface area contributed by atoms with E-state index >= 15 is 0 Å². The van der Waals surface area contributed by atoms with Gasteiger partial charge < -0.3 is 20.1 Å². The molecule has 1 aromatic heterocycles. The molecule has 0 fully saturated rings. The number of anilines is 2. The number of nitrogens with zero attached hydrogens (tertiary/aromatic N) is 1. The first-order valence-electron chi connectivity index (χ1n) is 13.4. The van der Waals surface area contributed by atoms with Crippen molar-refractivity contribution in [3.63, 3.8) is 0 Å². The van der Waals surface area contributed by atoms with Crippen molar-refractivity contribution in [1.29, 1.82) is 0 Å². The molecule has 5 aromatic rings. The molecule has 0 aliphatic rings. The highest BCUT2D eigenvalue weighted by molar-refractivity contribution is 8.00. The van der Waals surface area contributed by atoms with Crippen molar-refractivity contribution in [3.05, 3.63) is 120 Å². The molecule has 212 valence electrons. The van der Waals surface area contributed by atoms with Gasteiger partial charge in [0, 0.05) is 21.5 Å². The Labute approximate surface area is 252 Å². The summed E-state index contributed by atoms with van der Waals surface area (Å²) >= 11 is 2.77. The lowest BCUT2D eigenvalue weighted by Crippen LogP contribution is -2.20. The minimum Gasteiger partial charge on any atom is -0.494 e. The number of thioether (sulfide) groups is 1. The number of aromatic nitrogens is 1. The molecule has 9 heteroatoms. The predicted molar refractivity (Wildman–Crippen MR) is 169 cm³/mol. The molecule has 0 saturated heterocycles. The molecule has 2 amide bonds. The van der Waals surface area contributed by atoms with Gasteiger partial charge in [-0.05, 0) is 67.1 Å². The summed E-state index contributed by atoms with van der Waals surface area (Å²) in [6.07, 6.45) is 0. The van der Waals surface area contributed by atoms with E-state index in [0.29, 0.717) is 23.2 Å². The maximum absolute atomic E-state index is 13.6. The average molecular weight is 596 g/mol. The number of carbonyl (C=O) groups is 2. The van der Waals surface area contributed by atoms with E-state index in [9.17, 15) is 9.59 Å². The SMILES string of the molecule is CCOc1ccc(-c2csc(NC(=O)C(Sc3cccc(NC(=O)COc4ccccc4)c3)c3ccccc3)n2)cc1. The van der Waals surface area contributed by atoms with Gasteiger partial charge in [-0.3, -0.25) is 9.59 Å². The molecule has 7 nitrogen and oxygen atoms in total. The van der Waals surface area contributed by atoms with Crippen LogP contribution in [0.25, 0.3) is 11.3 Å². The first-order chi connectivity index (χ1) is 20.6. The number of amides is 2. The number of nitrogens with one attached hydrogen (secondary N) is 2. The van der Waals surface area contributed by atoms with E-state index in [-0.39, 0.29) is 18.4 Å². The van der Waals surface area contributed by atoms with Crippen molar-refractivity contribution in [2.45, 2.75) is 17.1 Å². The van der Waals surface area contributed by atoms with Gasteiger partial charge in [0.2, 0.25) is 5.91 Å². The van der Waals surface area contributed by atoms with E-state index in [2.05, 4.69) is 15.6 Å². The maximum atomic E-state index is 13.6. The van der Waals surface area contributed by atoms with E-state index in [1.807, 2.05) is 103 Å². The van der Waals surface area contributed by atoms with Crippen LogP contribution in [0.2, 0.25) is 0 Å². The van der Waals surface area contributed by atoms with Crippen LogP contribution < -0.4 is 20.1 Å². The third-order valence-electron chi connectivity index (χ3n) is 6.02. The Morgan fingerprint density at radius 2 is 1.55 bits per heavy atom. The Balaban J connectivity index is 1.26. The summed E-state index contributed by atoms with van der Waals surface area (Å²) in [5.41, 5.74) is 3.20. The van der Waals surface area contributed by atoms with Gasteiger partial charge in [0.1, 0.15) is 16.7 Å². The summed E-state index contributed by atoms with van der Waals surface area (Å²) in [7, 11) is 0. The highest BCUT2D eigenvalue weighted by Gasteiger charge is 2.23. The van der Waals surface area contributed by atoms with Crippen molar-refractivity contribution >= 4 is 45.7 Å². The van der Waals surface area contributed by atoms with E-state index in [0.717, 1.165) is 27.5 Å². The molecule has 0 spiro atoms. The van der Waals surface area contributed by atoms with Crippen LogP contribution in [0, 0.1) is 0 Å². The van der Waals surface area contributed by atoms with Crippen molar-refractivity contribution in [2.24, 2.45) is 0 Å². The molecule has 5 rings (SSSR count). The fraction of sp³-hybridized carbons (Fsp3) is 0.121. The Morgan fingerprint density at radius 3 is 2.29 bits per heavy atom. The number of hydrogen-bond donors (Lipinski definition) is 2. The summed E-state index contributed by atoms with van der Waals surface area (Å²) in [4.78, 5) is 31.5. The second kappa shape index (κ2) is 14.3. The third kappa shape index (κ3) is 7.99. The molecule has 0 bridgehead atoms. The molecule has 1 heterocycles. The molecular formula is C33H29N3O4S2. The summed E-state index contributed by atoms with van der Waals surface area (Å²) < 4.78 is 11.1. The summed E-state index contributed by atoms with van der Waals surface area (Å²) in [5, 5.41) is 7.76. The fourth-order valence-electron chi connectivity index (χ4n) is 4.07. The molecule has 0 aliphatic carbocycles. The molecule has 1 unspecified atom stereocenters. The van der Waals surface area contributed by atoms with Crippen LogP contribution in [0.5, 0.6) is 11.5 Å². The minimum atomic E-state index is -0.545. The predicted octanol–water partition coefficient (Wildman–Crippen LogP) is 7.70. The smallest absolute Gasteiger partial charge is 0.262 e. The van der Waals surface area contributed by atoms with Crippen LogP contribution >= 0.6 is 23.1 Å². The molecule has 1 atom stereocenters. The van der Waals surface area contributed by atoms with E-state index in [4.69, 9.17) is 9.47 Å². The molecule has 0 saturated carbocycles. The number of thiazole rings is 1. The lowest BCUT2D eigenvalue weighted by atomic mass is 10.1. The first kappa shape index (κ1) is 28.9. The number of benzene rings is 4. The van der Waals surface area contributed by atoms with Gasteiger partial charge in [-0.1, -0.05) is 54.6 Å². The lowest BCUT2D eigenvalue weighted by Gasteiger charge is -2.17.